The Bertz CT molecular complexity index is 1060. The molecule has 10 heteroatoms. The average Bonchev–Trinajstić information content (AvgIpc) is 2.68. The van der Waals surface area contributed by atoms with Crippen molar-refractivity contribution in [3.8, 4) is 23.1 Å². The Labute approximate surface area is 185 Å². The number of nitrogens with zero attached hydrogens (tertiary/aromatic N) is 4. The molecule has 0 radical (unpaired) electrons. The van der Waals surface area contributed by atoms with Crippen LogP contribution in [0.25, 0.3) is 11.3 Å². The number of anilines is 1. The molecule has 1 aromatic heterocycles. The molecule has 170 valence electrons. The first-order valence-corrected chi connectivity index (χ1v) is 10.1. The molecule has 1 atom stereocenters. The van der Waals surface area contributed by atoms with Crippen molar-refractivity contribution in [3.05, 3.63) is 35.5 Å². The first kappa shape index (κ1) is 23.2. The van der Waals surface area contributed by atoms with Gasteiger partial charge in [0.05, 0.1) is 17.8 Å². The highest BCUT2D eigenvalue weighted by Crippen LogP contribution is 2.35. The Morgan fingerprint density at radius 1 is 1.38 bits per heavy atom. The molecular weight excluding hydrogens is 420 g/mol. The first-order chi connectivity index (χ1) is 14.9. The van der Waals surface area contributed by atoms with Gasteiger partial charge in [-0.3, -0.25) is 0 Å². The van der Waals surface area contributed by atoms with Crippen molar-refractivity contribution < 1.29 is 23.0 Å². The molecule has 2 aromatic rings. The van der Waals surface area contributed by atoms with Crippen LogP contribution >= 0.6 is 0 Å². The van der Waals surface area contributed by atoms with Crippen LogP contribution in [0, 0.1) is 18.3 Å². The summed E-state index contributed by atoms with van der Waals surface area (Å²) in [6.45, 7) is 5.99. The summed E-state index contributed by atoms with van der Waals surface area (Å²) >= 11 is 0. The summed E-state index contributed by atoms with van der Waals surface area (Å²) in [5.41, 5.74) is 6.74. The monoisotopic (exact) mass is 445 g/mol. The van der Waals surface area contributed by atoms with Gasteiger partial charge in [0, 0.05) is 24.7 Å². The lowest BCUT2D eigenvalue weighted by Gasteiger charge is -2.38. The number of rotatable bonds is 3. The number of benzene rings is 1. The van der Waals surface area contributed by atoms with Gasteiger partial charge in [0.1, 0.15) is 17.4 Å². The summed E-state index contributed by atoms with van der Waals surface area (Å²) < 4.78 is 40.5. The van der Waals surface area contributed by atoms with Crippen LogP contribution in [0.1, 0.15) is 38.3 Å². The van der Waals surface area contributed by atoms with Gasteiger partial charge in [-0.15, -0.1) is 0 Å². The molecule has 0 saturated carbocycles. The molecule has 8 nitrogen and oxygen atoms in total. The fourth-order valence-corrected chi connectivity index (χ4v) is 3.37. The molecule has 3 rings (SSSR count). The molecule has 2 N–H and O–H groups in total. The molecule has 1 aromatic carbocycles. The molecule has 0 bridgehead atoms. The van der Waals surface area contributed by atoms with Gasteiger partial charge in [0.25, 0.3) is 0 Å². The number of carbonyl (C=O) groups is 1. The lowest BCUT2D eigenvalue weighted by Crippen LogP contribution is -2.56. The zero-order chi connectivity index (χ0) is 23.7. The fourth-order valence-electron chi connectivity index (χ4n) is 3.37. The highest BCUT2D eigenvalue weighted by atomic mass is 19.3. The van der Waals surface area contributed by atoms with Crippen LogP contribution in [0.2, 0.25) is 0 Å². The van der Waals surface area contributed by atoms with E-state index >= 15 is 0 Å². The topological polar surface area (TPSA) is 114 Å². The van der Waals surface area contributed by atoms with Crippen molar-refractivity contribution in [1.82, 2.24) is 14.9 Å². The molecule has 2 heterocycles. The van der Waals surface area contributed by atoms with Crippen molar-refractivity contribution in [2.24, 2.45) is 0 Å². The summed E-state index contributed by atoms with van der Waals surface area (Å²) in [5, 5.41) is 9.57. The van der Waals surface area contributed by atoms with Gasteiger partial charge in [-0.2, -0.15) is 5.26 Å². The number of nitrogens with two attached hydrogens (primary N) is 1. The minimum absolute atomic E-state index is 0.0474. The summed E-state index contributed by atoms with van der Waals surface area (Å²) in [7, 11) is 0. The zero-order valence-corrected chi connectivity index (χ0v) is 18.4. The van der Waals surface area contributed by atoms with Crippen molar-refractivity contribution in [2.75, 3.05) is 18.8 Å². The minimum atomic E-state index is -3.32. The van der Waals surface area contributed by atoms with Crippen molar-refractivity contribution >= 4 is 12.0 Å². The Hall–Kier alpha value is -3.48. The van der Waals surface area contributed by atoms with Crippen LogP contribution in [0.3, 0.4) is 0 Å². The van der Waals surface area contributed by atoms with E-state index in [1.54, 1.807) is 33.8 Å². The number of hydrogen-bond donors (Lipinski definition) is 1. The number of piperidine rings is 1. The number of nitriles is 1. The third-order valence-corrected chi connectivity index (χ3v) is 4.85. The maximum Gasteiger partial charge on any atom is 0.410 e. The molecular formula is C22H25F2N5O3. The number of halogens is 2. The zero-order valence-electron chi connectivity index (χ0n) is 18.4. The Balaban J connectivity index is 1.81. The molecule has 0 spiro atoms. The van der Waals surface area contributed by atoms with Gasteiger partial charge in [0.2, 0.25) is 5.95 Å². The quantitative estimate of drug-likeness (QED) is 0.761. The second kappa shape index (κ2) is 8.57. The van der Waals surface area contributed by atoms with E-state index in [-0.39, 0.29) is 30.2 Å². The number of hydrogen-bond acceptors (Lipinski definition) is 7. The lowest BCUT2D eigenvalue weighted by atomic mass is 10.0. The molecule has 1 saturated heterocycles. The van der Waals surface area contributed by atoms with Gasteiger partial charge in [-0.1, -0.05) is 0 Å². The number of aromatic nitrogens is 2. The smallest absolute Gasteiger partial charge is 0.410 e. The number of carbonyl (C=O) groups excluding carboxylic acids is 1. The number of likely N-dealkylation sites (tertiary alicyclic amines) is 1. The molecule has 0 aliphatic carbocycles. The van der Waals surface area contributed by atoms with Crippen molar-refractivity contribution in [3.63, 3.8) is 0 Å². The van der Waals surface area contributed by atoms with Crippen LogP contribution in [-0.2, 0) is 4.74 Å². The van der Waals surface area contributed by atoms with Crippen molar-refractivity contribution in [1.29, 1.82) is 5.26 Å². The summed E-state index contributed by atoms with van der Waals surface area (Å²) in [5.74, 6) is -3.20. The van der Waals surface area contributed by atoms with Crippen LogP contribution < -0.4 is 10.5 Å². The largest absolute Gasteiger partial charge is 0.483 e. The molecule has 1 aliphatic rings. The van der Waals surface area contributed by atoms with E-state index in [9.17, 15) is 18.8 Å². The first-order valence-electron chi connectivity index (χ1n) is 10.1. The minimum Gasteiger partial charge on any atom is -0.483 e. The van der Waals surface area contributed by atoms with E-state index < -0.39 is 30.3 Å². The van der Waals surface area contributed by atoms with Gasteiger partial charge >= 0.3 is 12.0 Å². The molecule has 1 amide bonds. The number of nitrogen functional groups attached to an aromatic ring is 1. The van der Waals surface area contributed by atoms with Crippen molar-refractivity contribution in [2.45, 2.75) is 51.7 Å². The van der Waals surface area contributed by atoms with Crippen LogP contribution in [0.4, 0.5) is 19.5 Å². The summed E-state index contributed by atoms with van der Waals surface area (Å²) in [4.78, 5) is 21.1. The molecule has 1 unspecified atom stereocenters. The highest BCUT2D eigenvalue weighted by molar-refractivity contribution is 5.69. The molecule has 32 heavy (non-hydrogen) atoms. The van der Waals surface area contributed by atoms with E-state index in [2.05, 4.69) is 9.97 Å². The third-order valence-electron chi connectivity index (χ3n) is 4.85. The highest BCUT2D eigenvalue weighted by Gasteiger charge is 2.48. The van der Waals surface area contributed by atoms with E-state index in [0.717, 1.165) is 4.90 Å². The fraction of sp³-hybridized carbons (Fsp3) is 0.455. The lowest BCUT2D eigenvalue weighted by molar-refractivity contribution is -0.137. The summed E-state index contributed by atoms with van der Waals surface area (Å²) in [6, 6.07) is 6.69. The van der Waals surface area contributed by atoms with Crippen LogP contribution in [0.15, 0.2) is 24.4 Å². The van der Waals surface area contributed by atoms with E-state index in [1.807, 2.05) is 6.07 Å². The maximum absolute atomic E-state index is 14.8. The van der Waals surface area contributed by atoms with Crippen LogP contribution in [-0.4, -0.2) is 51.7 Å². The Morgan fingerprint density at radius 2 is 2.09 bits per heavy atom. The van der Waals surface area contributed by atoms with E-state index in [1.165, 1.54) is 18.3 Å². The second-order valence-corrected chi connectivity index (χ2v) is 8.63. The van der Waals surface area contributed by atoms with Gasteiger partial charge in [-0.05, 0) is 51.5 Å². The normalized spacial score (nSPS) is 18.0. The molecule has 1 fully saturated rings. The van der Waals surface area contributed by atoms with Gasteiger partial charge < -0.3 is 20.1 Å². The van der Waals surface area contributed by atoms with Crippen LogP contribution in [0.5, 0.6) is 5.75 Å². The molecule has 1 aliphatic heterocycles. The number of amides is 1. The standard InChI is InChI=1S/C22H25F2N5O3/c1-13-9-17(14(11-25)10-15(13)16-5-7-27-19(26)28-16)31-18-6-8-29(12-22(18,23)24)20(30)32-21(2,3)4/h5,7,9-10,18H,6,8,12H2,1-4H3,(H2,26,27,28). The van der Waals surface area contributed by atoms with Gasteiger partial charge in [-0.25, -0.2) is 23.5 Å². The predicted molar refractivity (Wildman–Crippen MR) is 113 cm³/mol. The Morgan fingerprint density at radius 3 is 2.69 bits per heavy atom. The number of aryl methyl sites for hydroxylation is 1. The van der Waals surface area contributed by atoms with E-state index in [4.69, 9.17) is 15.2 Å². The summed E-state index contributed by atoms with van der Waals surface area (Å²) in [6.07, 6.45) is -0.904. The van der Waals surface area contributed by atoms with Gasteiger partial charge in [0.15, 0.2) is 6.10 Å². The second-order valence-electron chi connectivity index (χ2n) is 8.63. The van der Waals surface area contributed by atoms with E-state index in [0.29, 0.717) is 16.8 Å². The Kier molecular flexibility index (Phi) is 6.21. The number of alkyl halides is 2. The maximum atomic E-state index is 14.8. The average molecular weight is 445 g/mol. The number of ether oxygens (including phenoxy) is 2. The third kappa shape index (κ3) is 5.22. The predicted octanol–water partition coefficient (Wildman–Crippen LogP) is 3.93. The SMILES string of the molecule is Cc1cc(OC2CCN(C(=O)OC(C)(C)C)CC2(F)F)c(C#N)cc1-c1ccnc(N)n1.